The molecule has 100 valence electrons. The number of amides is 2. The third-order valence-electron chi connectivity index (χ3n) is 2.97. The van der Waals surface area contributed by atoms with Crippen LogP contribution in [0.1, 0.15) is 46.6 Å². The Labute approximate surface area is 110 Å². The first kappa shape index (κ1) is 14.6. The van der Waals surface area contributed by atoms with E-state index in [9.17, 15) is 4.79 Å². The van der Waals surface area contributed by atoms with Crippen LogP contribution in [0.4, 0.5) is 10.5 Å². The summed E-state index contributed by atoms with van der Waals surface area (Å²) in [6, 6.07) is 7.98. The van der Waals surface area contributed by atoms with Crippen LogP contribution < -0.4 is 10.6 Å². The summed E-state index contributed by atoms with van der Waals surface area (Å²) >= 11 is 0. The predicted molar refractivity (Wildman–Crippen MR) is 77.0 cm³/mol. The first-order valence-corrected chi connectivity index (χ1v) is 6.51. The Balaban J connectivity index is 2.82. The molecular formula is C15H24N2O. The monoisotopic (exact) mass is 248 g/mol. The Hall–Kier alpha value is -1.51. The second kappa shape index (κ2) is 5.89. The van der Waals surface area contributed by atoms with E-state index in [0.29, 0.717) is 0 Å². The van der Waals surface area contributed by atoms with Crippen LogP contribution in [0.2, 0.25) is 0 Å². The van der Waals surface area contributed by atoms with Gasteiger partial charge in [0.15, 0.2) is 0 Å². The smallest absolute Gasteiger partial charge is 0.319 e. The lowest BCUT2D eigenvalue weighted by Gasteiger charge is -2.23. The standard InChI is InChI=1S/C15H24N2O/c1-6-11(2)16-14(18)17-13-10-8-7-9-12(13)15(3,4)5/h7-11H,6H2,1-5H3,(H2,16,17,18)/t11-/m0/s1. The highest BCUT2D eigenvalue weighted by Gasteiger charge is 2.18. The van der Waals surface area contributed by atoms with Crippen LogP contribution in [-0.4, -0.2) is 12.1 Å². The lowest BCUT2D eigenvalue weighted by Crippen LogP contribution is -2.36. The fourth-order valence-corrected chi connectivity index (χ4v) is 1.73. The Bertz CT molecular complexity index is 407. The van der Waals surface area contributed by atoms with E-state index in [2.05, 4.69) is 37.5 Å². The summed E-state index contributed by atoms with van der Waals surface area (Å²) < 4.78 is 0. The van der Waals surface area contributed by atoms with Crippen molar-refractivity contribution < 1.29 is 4.79 Å². The molecule has 0 saturated heterocycles. The number of hydrogen-bond donors (Lipinski definition) is 2. The number of para-hydroxylation sites is 1. The highest BCUT2D eigenvalue weighted by molar-refractivity contribution is 5.90. The third kappa shape index (κ3) is 4.06. The first-order valence-electron chi connectivity index (χ1n) is 6.51. The lowest BCUT2D eigenvalue weighted by molar-refractivity contribution is 0.249. The molecule has 0 unspecified atom stereocenters. The summed E-state index contributed by atoms with van der Waals surface area (Å²) in [6.45, 7) is 10.5. The zero-order valence-corrected chi connectivity index (χ0v) is 12.0. The summed E-state index contributed by atoms with van der Waals surface area (Å²) in [5.74, 6) is 0. The Morgan fingerprint density at radius 2 is 1.89 bits per heavy atom. The van der Waals surface area contributed by atoms with Gasteiger partial charge in [0.25, 0.3) is 0 Å². The number of anilines is 1. The molecule has 3 heteroatoms. The molecule has 2 amide bonds. The molecule has 0 aliphatic carbocycles. The van der Waals surface area contributed by atoms with Crippen molar-refractivity contribution >= 4 is 11.7 Å². The van der Waals surface area contributed by atoms with Gasteiger partial charge in [-0.05, 0) is 30.4 Å². The Morgan fingerprint density at radius 3 is 2.44 bits per heavy atom. The second-order valence-electron chi connectivity index (χ2n) is 5.70. The minimum Gasteiger partial charge on any atom is -0.335 e. The maximum atomic E-state index is 11.8. The van der Waals surface area contributed by atoms with E-state index in [0.717, 1.165) is 17.7 Å². The van der Waals surface area contributed by atoms with Crippen LogP contribution in [0.25, 0.3) is 0 Å². The van der Waals surface area contributed by atoms with Crippen LogP contribution in [0.3, 0.4) is 0 Å². The first-order chi connectivity index (χ1) is 8.34. The minimum atomic E-state index is -0.138. The Kier molecular flexibility index (Phi) is 4.76. The molecule has 1 atom stereocenters. The van der Waals surface area contributed by atoms with Crippen molar-refractivity contribution in [3.63, 3.8) is 0 Å². The van der Waals surface area contributed by atoms with E-state index in [1.165, 1.54) is 0 Å². The second-order valence-corrected chi connectivity index (χ2v) is 5.70. The van der Waals surface area contributed by atoms with Crippen LogP contribution in [0.15, 0.2) is 24.3 Å². The molecule has 0 aromatic heterocycles. The van der Waals surface area contributed by atoms with Gasteiger partial charge in [-0.15, -0.1) is 0 Å². The van der Waals surface area contributed by atoms with E-state index in [4.69, 9.17) is 0 Å². The van der Waals surface area contributed by atoms with Gasteiger partial charge in [0, 0.05) is 11.7 Å². The zero-order chi connectivity index (χ0) is 13.8. The molecule has 2 N–H and O–H groups in total. The number of hydrogen-bond acceptors (Lipinski definition) is 1. The Morgan fingerprint density at radius 1 is 1.28 bits per heavy atom. The molecule has 0 heterocycles. The van der Waals surface area contributed by atoms with Gasteiger partial charge >= 0.3 is 6.03 Å². The summed E-state index contributed by atoms with van der Waals surface area (Å²) in [5.41, 5.74) is 2.04. The van der Waals surface area contributed by atoms with Gasteiger partial charge in [0.2, 0.25) is 0 Å². The minimum absolute atomic E-state index is 0.0141. The molecule has 0 aliphatic rings. The van der Waals surface area contributed by atoms with Crippen LogP contribution in [0.5, 0.6) is 0 Å². The molecule has 0 saturated carbocycles. The molecular weight excluding hydrogens is 224 g/mol. The van der Waals surface area contributed by atoms with Crippen molar-refractivity contribution in [3.8, 4) is 0 Å². The summed E-state index contributed by atoms with van der Waals surface area (Å²) in [6.07, 6.45) is 0.925. The van der Waals surface area contributed by atoms with Crippen LogP contribution in [-0.2, 0) is 5.41 Å². The molecule has 0 aliphatic heterocycles. The van der Waals surface area contributed by atoms with E-state index in [1.54, 1.807) is 0 Å². The molecule has 0 bridgehead atoms. The quantitative estimate of drug-likeness (QED) is 0.836. The SMILES string of the molecule is CC[C@H](C)NC(=O)Nc1ccccc1C(C)(C)C. The number of carbonyl (C=O) groups excluding carboxylic acids is 1. The number of carbonyl (C=O) groups is 1. The van der Waals surface area contributed by atoms with Crippen LogP contribution in [0, 0.1) is 0 Å². The zero-order valence-electron chi connectivity index (χ0n) is 12.0. The number of benzene rings is 1. The van der Waals surface area contributed by atoms with Crippen molar-refractivity contribution in [2.75, 3.05) is 5.32 Å². The van der Waals surface area contributed by atoms with Gasteiger partial charge in [-0.3, -0.25) is 0 Å². The van der Waals surface area contributed by atoms with Gasteiger partial charge in [-0.1, -0.05) is 45.9 Å². The summed E-state index contributed by atoms with van der Waals surface area (Å²) in [7, 11) is 0. The summed E-state index contributed by atoms with van der Waals surface area (Å²) in [5, 5.41) is 5.84. The van der Waals surface area contributed by atoms with Gasteiger partial charge in [-0.25, -0.2) is 4.79 Å². The average molecular weight is 248 g/mol. The molecule has 0 fully saturated rings. The van der Waals surface area contributed by atoms with E-state index < -0.39 is 0 Å². The van der Waals surface area contributed by atoms with Gasteiger partial charge in [0.05, 0.1) is 0 Å². The van der Waals surface area contributed by atoms with Crippen molar-refractivity contribution in [1.29, 1.82) is 0 Å². The molecule has 1 aromatic rings. The lowest BCUT2D eigenvalue weighted by atomic mass is 9.86. The van der Waals surface area contributed by atoms with Crippen molar-refractivity contribution in [3.05, 3.63) is 29.8 Å². The van der Waals surface area contributed by atoms with Gasteiger partial charge in [0.1, 0.15) is 0 Å². The molecule has 18 heavy (non-hydrogen) atoms. The maximum absolute atomic E-state index is 11.8. The highest BCUT2D eigenvalue weighted by atomic mass is 16.2. The average Bonchev–Trinajstić information content (AvgIpc) is 2.27. The van der Waals surface area contributed by atoms with Crippen molar-refractivity contribution in [2.45, 2.75) is 52.5 Å². The number of urea groups is 1. The van der Waals surface area contributed by atoms with Crippen molar-refractivity contribution in [2.24, 2.45) is 0 Å². The van der Waals surface area contributed by atoms with E-state index >= 15 is 0 Å². The highest BCUT2D eigenvalue weighted by Crippen LogP contribution is 2.29. The molecule has 0 spiro atoms. The molecule has 0 radical (unpaired) electrons. The topological polar surface area (TPSA) is 41.1 Å². The maximum Gasteiger partial charge on any atom is 0.319 e. The normalized spacial score (nSPS) is 12.9. The molecule has 1 aromatic carbocycles. The van der Waals surface area contributed by atoms with Crippen LogP contribution >= 0.6 is 0 Å². The van der Waals surface area contributed by atoms with E-state index in [1.807, 2.05) is 32.0 Å². The number of rotatable bonds is 3. The third-order valence-corrected chi connectivity index (χ3v) is 2.97. The fourth-order valence-electron chi connectivity index (χ4n) is 1.73. The van der Waals surface area contributed by atoms with E-state index in [-0.39, 0.29) is 17.5 Å². The summed E-state index contributed by atoms with van der Waals surface area (Å²) in [4.78, 5) is 11.8. The van der Waals surface area contributed by atoms with Crippen molar-refractivity contribution in [1.82, 2.24) is 5.32 Å². The molecule has 3 nitrogen and oxygen atoms in total. The largest absolute Gasteiger partial charge is 0.335 e. The van der Waals surface area contributed by atoms with Gasteiger partial charge < -0.3 is 10.6 Å². The predicted octanol–water partition coefficient (Wildman–Crippen LogP) is 3.90. The number of nitrogens with one attached hydrogen (secondary N) is 2. The molecule has 1 rings (SSSR count). The van der Waals surface area contributed by atoms with Gasteiger partial charge in [-0.2, -0.15) is 0 Å². The fraction of sp³-hybridized carbons (Fsp3) is 0.533.